The molecule has 0 fully saturated rings. The molecule has 0 spiro atoms. The van der Waals surface area contributed by atoms with E-state index < -0.39 is 0 Å². The molecule has 0 saturated heterocycles. The highest BCUT2D eigenvalue weighted by Gasteiger charge is 2.17. The van der Waals surface area contributed by atoms with Crippen LogP contribution in [0.2, 0.25) is 0 Å². The highest BCUT2D eigenvalue weighted by atomic mass is 32.2. The number of rotatable bonds is 7. The summed E-state index contributed by atoms with van der Waals surface area (Å²) in [6.45, 7) is 5.54. The number of aryl methyl sites for hydroxylation is 1. The predicted octanol–water partition coefficient (Wildman–Crippen LogP) is 2.41. The minimum Gasteiger partial charge on any atom is -0.354 e. The van der Waals surface area contributed by atoms with Crippen molar-refractivity contribution < 1.29 is 4.79 Å². The summed E-state index contributed by atoms with van der Waals surface area (Å²) in [6, 6.07) is 2.14. The van der Waals surface area contributed by atoms with Crippen molar-refractivity contribution in [2.75, 3.05) is 27.2 Å². The second kappa shape index (κ2) is 7.89. The molecule has 0 bridgehead atoms. The minimum atomic E-state index is -0.176. The van der Waals surface area contributed by atoms with Crippen LogP contribution in [-0.4, -0.2) is 53.2 Å². The Bertz CT molecular complexity index is 642. The van der Waals surface area contributed by atoms with Gasteiger partial charge in [0.05, 0.1) is 5.25 Å². The molecule has 2 aromatic rings. The molecule has 5 nitrogen and oxygen atoms in total. The van der Waals surface area contributed by atoms with Gasteiger partial charge in [-0.1, -0.05) is 18.7 Å². The third-order valence-electron chi connectivity index (χ3n) is 3.21. The van der Waals surface area contributed by atoms with Gasteiger partial charge in [0.2, 0.25) is 5.91 Å². The SMILES string of the molecule is CCc1cc2c(SC(C)C(=O)NCCN(C)C)ncnc2s1. The lowest BCUT2D eigenvalue weighted by atomic mass is 10.3. The van der Waals surface area contributed by atoms with Gasteiger partial charge in [0.15, 0.2) is 0 Å². The number of nitrogens with zero attached hydrogens (tertiary/aromatic N) is 3. The normalized spacial score (nSPS) is 12.8. The van der Waals surface area contributed by atoms with E-state index in [2.05, 4.69) is 28.3 Å². The fourth-order valence-electron chi connectivity index (χ4n) is 1.92. The molecule has 1 unspecified atom stereocenters. The third kappa shape index (κ3) is 4.41. The molecule has 120 valence electrons. The molecule has 1 amide bonds. The zero-order chi connectivity index (χ0) is 16.1. The number of carbonyl (C=O) groups excluding carboxylic acids is 1. The molecule has 7 heteroatoms. The van der Waals surface area contributed by atoms with E-state index in [0.717, 1.165) is 28.2 Å². The number of thioether (sulfide) groups is 1. The number of carbonyl (C=O) groups is 1. The second-order valence-corrected chi connectivity index (χ2v) is 7.76. The Hall–Kier alpha value is -1.18. The Morgan fingerprint density at radius 1 is 1.45 bits per heavy atom. The summed E-state index contributed by atoms with van der Waals surface area (Å²) in [7, 11) is 3.98. The van der Waals surface area contributed by atoms with Crippen molar-refractivity contribution in [3.8, 4) is 0 Å². The Balaban J connectivity index is 2.03. The Labute approximate surface area is 139 Å². The first-order valence-corrected chi connectivity index (χ1v) is 9.03. The molecule has 0 aliphatic heterocycles. The summed E-state index contributed by atoms with van der Waals surface area (Å²) in [6.07, 6.45) is 2.57. The van der Waals surface area contributed by atoms with Gasteiger partial charge in [0.25, 0.3) is 0 Å². The van der Waals surface area contributed by atoms with E-state index in [1.54, 1.807) is 17.7 Å². The molecule has 2 heterocycles. The summed E-state index contributed by atoms with van der Waals surface area (Å²) in [5.74, 6) is 0.0459. The smallest absolute Gasteiger partial charge is 0.233 e. The van der Waals surface area contributed by atoms with Gasteiger partial charge < -0.3 is 10.2 Å². The third-order valence-corrected chi connectivity index (χ3v) is 5.51. The Kier molecular flexibility index (Phi) is 6.16. The van der Waals surface area contributed by atoms with Crippen molar-refractivity contribution in [3.63, 3.8) is 0 Å². The fraction of sp³-hybridized carbons (Fsp3) is 0.533. The molecule has 0 aliphatic rings. The van der Waals surface area contributed by atoms with Crippen LogP contribution in [0.4, 0.5) is 0 Å². The first-order chi connectivity index (χ1) is 10.5. The summed E-state index contributed by atoms with van der Waals surface area (Å²) in [5.41, 5.74) is 0. The van der Waals surface area contributed by atoms with E-state index in [1.807, 2.05) is 25.9 Å². The van der Waals surface area contributed by atoms with Crippen LogP contribution < -0.4 is 5.32 Å². The van der Waals surface area contributed by atoms with Gasteiger partial charge in [0, 0.05) is 23.4 Å². The first-order valence-electron chi connectivity index (χ1n) is 7.33. The van der Waals surface area contributed by atoms with E-state index in [0.29, 0.717) is 6.54 Å². The van der Waals surface area contributed by atoms with Crippen LogP contribution >= 0.6 is 23.1 Å². The lowest BCUT2D eigenvalue weighted by molar-refractivity contribution is -0.120. The zero-order valence-electron chi connectivity index (χ0n) is 13.4. The Morgan fingerprint density at radius 2 is 2.23 bits per heavy atom. The first kappa shape index (κ1) is 17.2. The quantitative estimate of drug-likeness (QED) is 0.621. The van der Waals surface area contributed by atoms with Crippen LogP contribution in [0.15, 0.2) is 17.4 Å². The average molecular weight is 339 g/mol. The standard InChI is InChI=1S/C15H22N4OS2/c1-5-11-8-12-14(17-9-18-15(12)22-11)21-10(2)13(20)16-6-7-19(3)4/h8-10H,5-7H2,1-4H3,(H,16,20). The average Bonchev–Trinajstić information content (AvgIpc) is 2.91. The summed E-state index contributed by atoms with van der Waals surface area (Å²) >= 11 is 3.19. The van der Waals surface area contributed by atoms with Gasteiger partial charge >= 0.3 is 0 Å². The number of hydrogen-bond donors (Lipinski definition) is 1. The van der Waals surface area contributed by atoms with Gasteiger partial charge in [0.1, 0.15) is 16.2 Å². The van der Waals surface area contributed by atoms with Crippen LogP contribution in [0.3, 0.4) is 0 Å². The van der Waals surface area contributed by atoms with Gasteiger partial charge in [-0.3, -0.25) is 4.79 Å². The van der Waals surface area contributed by atoms with Crippen LogP contribution in [0.25, 0.3) is 10.2 Å². The van der Waals surface area contributed by atoms with Gasteiger partial charge in [-0.05, 0) is 33.5 Å². The minimum absolute atomic E-state index is 0.0459. The zero-order valence-corrected chi connectivity index (χ0v) is 15.1. The van der Waals surface area contributed by atoms with E-state index >= 15 is 0 Å². The van der Waals surface area contributed by atoms with E-state index in [-0.39, 0.29) is 11.2 Å². The van der Waals surface area contributed by atoms with Gasteiger partial charge in [-0.2, -0.15) is 0 Å². The molecule has 0 aromatic carbocycles. The highest BCUT2D eigenvalue weighted by Crippen LogP contribution is 2.32. The van der Waals surface area contributed by atoms with Crippen LogP contribution in [0.1, 0.15) is 18.7 Å². The molecule has 1 atom stereocenters. The van der Waals surface area contributed by atoms with Crippen LogP contribution in [0, 0.1) is 0 Å². The molecule has 2 aromatic heterocycles. The van der Waals surface area contributed by atoms with E-state index in [9.17, 15) is 4.79 Å². The number of nitrogens with one attached hydrogen (secondary N) is 1. The fourth-order valence-corrected chi connectivity index (χ4v) is 3.83. The summed E-state index contributed by atoms with van der Waals surface area (Å²) in [5, 5.41) is 4.72. The lowest BCUT2D eigenvalue weighted by Crippen LogP contribution is -2.35. The molecule has 22 heavy (non-hydrogen) atoms. The van der Waals surface area contributed by atoms with Crippen LogP contribution in [0.5, 0.6) is 0 Å². The number of hydrogen-bond acceptors (Lipinski definition) is 6. The molecular weight excluding hydrogens is 316 g/mol. The van der Waals surface area contributed by atoms with E-state index in [4.69, 9.17) is 0 Å². The second-order valence-electron chi connectivity index (χ2n) is 5.32. The van der Waals surface area contributed by atoms with Gasteiger partial charge in [-0.15, -0.1) is 11.3 Å². The summed E-state index contributed by atoms with van der Waals surface area (Å²) in [4.78, 5) is 25.1. The number of aromatic nitrogens is 2. The molecule has 0 radical (unpaired) electrons. The predicted molar refractivity (Wildman–Crippen MR) is 93.7 cm³/mol. The maximum Gasteiger partial charge on any atom is 0.233 e. The maximum atomic E-state index is 12.1. The van der Waals surface area contributed by atoms with Crippen molar-refractivity contribution in [1.82, 2.24) is 20.2 Å². The number of likely N-dealkylation sites (N-methyl/N-ethyl adjacent to an activating group) is 1. The van der Waals surface area contributed by atoms with Crippen molar-refractivity contribution in [3.05, 3.63) is 17.3 Å². The largest absolute Gasteiger partial charge is 0.354 e. The van der Waals surface area contributed by atoms with Gasteiger partial charge in [-0.25, -0.2) is 9.97 Å². The number of thiophene rings is 1. The lowest BCUT2D eigenvalue weighted by Gasteiger charge is -2.14. The van der Waals surface area contributed by atoms with Crippen molar-refractivity contribution >= 4 is 39.2 Å². The molecule has 0 aliphatic carbocycles. The molecule has 2 rings (SSSR count). The topological polar surface area (TPSA) is 58.1 Å². The van der Waals surface area contributed by atoms with Crippen LogP contribution in [-0.2, 0) is 11.2 Å². The number of amides is 1. The van der Waals surface area contributed by atoms with Crippen molar-refractivity contribution in [2.24, 2.45) is 0 Å². The van der Waals surface area contributed by atoms with Crippen molar-refractivity contribution in [1.29, 1.82) is 0 Å². The monoisotopic (exact) mass is 338 g/mol. The Morgan fingerprint density at radius 3 is 2.91 bits per heavy atom. The van der Waals surface area contributed by atoms with E-state index in [1.165, 1.54) is 16.6 Å². The number of fused-ring (bicyclic) bond motifs is 1. The molecular formula is C15H22N4OS2. The molecule has 1 N–H and O–H groups in total. The summed E-state index contributed by atoms with van der Waals surface area (Å²) < 4.78 is 0. The van der Waals surface area contributed by atoms with Crippen molar-refractivity contribution in [2.45, 2.75) is 30.5 Å². The highest BCUT2D eigenvalue weighted by molar-refractivity contribution is 8.00. The molecule has 0 saturated carbocycles. The maximum absolute atomic E-state index is 12.1.